The third kappa shape index (κ3) is 3.66. The summed E-state index contributed by atoms with van der Waals surface area (Å²) in [5, 5.41) is 7.40. The van der Waals surface area contributed by atoms with Gasteiger partial charge in [-0.25, -0.2) is 0 Å². The fourth-order valence-electron chi connectivity index (χ4n) is 2.66. The Morgan fingerprint density at radius 2 is 1.23 bits per heavy atom. The summed E-state index contributed by atoms with van der Waals surface area (Å²) < 4.78 is 0. The highest BCUT2D eigenvalue weighted by Crippen LogP contribution is 2.24. The highest BCUT2D eigenvalue weighted by molar-refractivity contribution is 7.80. The van der Waals surface area contributed by atoms with Crippen LogP contribution in [0.25, 0.3) is 0 Å². The van der Waals surface area contributed by atoms with Gasteiger partial charge in [0.15, 0.2) is 5.11 Å². The van der Waals surface area contributed by atoms with Gasteiger partial charge in [0.1, 0.15) is 0 Å². The van der Waals surface area contributed by atoms with E-state index in [9.17, 15) is 0 Å². The summed E-state index contributed by atoms with van der Waals surface area (Å²) in [6.07, 6.45) is 1.97. The van der Waals surface area contributed by atoms with E-state index in [4.69, 9.17) is 12.2 Å². The molecule has 0 spiro atoms. The molecular formula is C19H24N2S. The van der Waals surface area contributed by atoms with Crippen LogP contribution in [0.3, 0.4) is 0 Å². The second-order valence-electron chi connectivity index (χ2n) is 5.50. The lowest BCUT2D eigenvalue weighted by molar-refractivity contribution is 1.13. The van der Waals surface area contributed by atoms with Crippen molar-refractivity contribution in [3.05, 3.63) is 58.7 Å². The molecule has 0 saturated heterocycles. The summed E-state index contributed by atoms with van der Waals surface area (Å²) in [6, 6.07) is 12.7. The van der Waals surface area contributed by atoms with Crippen LogP contribution in [0.5, 0.6) is 0 Å². The lowest BCUT2D eigenvalue weighted by atomic mass is 10.1. The summed E-state index contributed by atoms with van der Waals surface area (Å²) in [5.74, 6) is 0. The summed E-state index contributed by atoms with van der Waals surface area (Å²) >= 11 is 5.53. The monoisotopic (exact) mass is 312 g/mol. The normalized spacial score (nSPS) is 10.4. The minimum atomic E-state index is 0.646. The molecule has 3 heteroatoms. The van der Waals surface area contributed by atoms with Crippen LogP contribution >= 0.6 is 12.2 Å². The molecule has 0 aliphatic rings. The molecule has 0 saturated carbocycles. The number of thiocarbonyl (C=S) groups is 1. The Morgan fingerprint density at radius 3 is 1.59 bits per heavy atom. The number of nitrogens with one attached hydrogen (secondary N) is 2. The number of hydrogen-bond donors (Lipinski definition) is 2. The van der Waals surface area contributed by atoms with Crippen molar-refractivity contribution in [3.8, 4) is 0 Å². The Morgan fingerprint density at radius 1 is 0.818 bits per heavy atom. The first-order valence-electron chi connectivity index (χ1n) is 7.81. The van der Waals surface area contributed by atoms with Crippen molar-refractivity contribution >= 4 is 28.7 Å². The molecule has 0 radical (unpaired) electrons. The number of hydrogen-bond acceptors (Lipinski definition) is 1. The summed E-state index contributed by atoms with van der Waals surface area (Å²) in [6.45, 7) is 8.53. The molecule has 22 heavy (non-hydrogen) atoms. The fourth-order valence-corrected chi connectivity index (χ4v) is 2.87. The van der Waals surface area contributed by atoms with Crippen LogP contribution in [-0.4, -0.2) is 5.11 Å². The minimum Gasteiger partial charge on any atom is -0.332 e. The molecule has 0 amide bonds. The van der Waals surface area contributed by atoms with Gasteiger partial charge in [-0.05, 0) is 61.2 Å². The largest absolute Gasteiger partial charge is 0.332 e. The van der Waals surface area contributed by atoms with Gasteiger partial charge < -0.3 is 10.6 Å². The third-order valence-electron chi connectivity index (χ3n) is 3.96. The average molecular weight is 312 g/mol. The quantitative estimate of drug-likeness (QED) is 0.755. The maximum Gasteiger partial charge on any atom is 0.175 e. The smallest absolute Gasteiger partial charge is 0.175 e. The zero-order valence-electron chi connectivity index (χ0n) is 13.8. The van der Waals surface area contributed by atoms with Crippen molar-refractivity contribution in [3.63, 3.8) is 0 Å². The average Bonchev–Trinajstić information content (AvgIpc) is 2.51. The summed E-state index contributed by atoms with van der Waals surface area (Å²) in [4.78, 5) is 0. The van der Waals surface area contributed by atoms with Crippen LogP contribution < -0.4 is 10.6 Å². The van der Waals surface area contributed by atoms with Crippen LogP contribution in [0.15, 0.2) is 36.4 Å². The molecule has 2 N–H and O–H groups in total. The predicted molar refractivity (Wildman–Crippen MR) is 101 cm³/mol. The number of benzene rings is 2. The van der Waals surface area contributed by atoms with Gasteiger partial charge in [0.2, 0.25) is 0 Å². The first kappa shape index (κ1) is 16.5. The van der Waals surface area contributed by atoms with Gasteiger partial charge in [-0.1, -0.05) is 50.2 Å². The molecule has 0 fully saturated rings. The van der Waals surface area contributed by atoms with Gasteiger partial charge in [-0.2, -0.15) is 0 Å². The first-order chi connectivity index (χ1) is 10.6. The Bertz CT molecular complexity index is 620. The molecule has 2 rings (SSSR count). The number of aryl methyl sites for hydroxylation is 4. The fraction of sp³-hybridized carbons (Fsp3) is 0.316. The van der Waals surface area contributed by atoms with E-state index in [0.717, 1.165) is 24.2 Å². The molecule has 0 heterocycles. The standard InChI is InChI=1S/C19H24N2S/c1-5-15-11-7-9-13(3)17(15)20-19(22)21-18-14(4)10-8-12-16(18)6-2/h7-12H,5-6H2,1-4H3,(H2,20,21,22). The Kier molecular flexibility index (Phi) is 5.56. The van der Waals surface area contributed by atoms with Crippen molar-refractivity contribution in [1.29, 1.82) is 0 Å². The minimum absolute atomic E-state index is 0.646. The van der Waals surface area contributed by atoms with Crippen molar-refractivity contribution in [2.45, 2.75) is 40.5 Å². The SMILES string of the molecule is CCc1cccc(C)c1NC(=S)Nc1c(C)cccc1CC. The van der Waals surface area contributed by atoms with Crippen LogP contribution in [-0.2, 0) is 12.8 Å². The van der Waals surface area contributed by atoms with Gasteiger partial charge in [-0.15, -0.1) is 0 Å². The number of para-hydroxylation sites is 2. The van der Waals surface area contributed by atoms with E-state index in [0.29, 0.717) is 5.11 Å². The van der Waals surface area contributed by atoms with Gasteiger partial charge in [0.05, 0.1) is 0 Å². The van der Waals surface area contributed by atoms with Crippen molar-refractivity contribution in [2.24, 2.45) is 0 Å². The third-order valence-corrected chi connectivity index (χ3v) is 4.16. The molecular weight excluding hydrogens is 288 g/mol. The molecule has 0 atom stereocenters. The lowest BCUT2D eigenvalue weighted by Crippen LogP contribution is -2.22. The molecule has 0 aliphatic heterocycles. The van der Waals surface area contributed by atoms with E-state index in [1.807, 2.05) is 0 Å². The Balaban J connectivity index is 2.22. The van der Waals surface area contributed by atoms with Crippen molar-refractivity contribution in [1.82, 2.24) is 0 Å². The van der Waals surface area contributed by atoms with E-state index >= 15 is 0 Å². The molecule has 0 aliphatic carbocycles. The maximum absolute atomic E-state index is 5.53. The van der Waals surface area contributed by atoms with E-state index < -0.39 is 0 Å². The zero-order chi connectivity index (χ0) is 16.1. The Labute approximate surface area is 139 Å². The maximum atomic E-state index is 5.53. The molecule has 2 aromatic rings. The molecule has 0 unspecified atom stereocenters. The number of anilines is 2. The van der Waals surface area contributed by atoms with E-state index in [2.05, 4.69) is 74.7 Å². The van der Waals surface area contributed by atoms with Gasteiger partial charge in [0, 0.05) is 11.4 Å². The highest BCUT2D eigenvalue weighted by atomic mass is 32.1. The van der Waals surface area contributed by atoms with Crippen molar-refractivity contribution in [2.75, 3.05) is 10.6 Å². The Hall–Kier alpha value is -1.87. The topological polar surface area (TPSA) is 24.1 Å². The van der Waals surface area contributed by atoms with Gasteiger partial charge >= 0.3 is 0 Å². The first-order valence-corrected chi connectivity index (χ1v) is 8.22. The van der Waals surface area contributed by atoms with Gasteiger partial charge in [-0.3, -0.25) is 0 Å². The number of rotatable bonds is 4. The van der Waals surface area contributed by atoms with Crippen LogP contribution in [0, 0.1) is 13.8 Å². The lowest BCUT2D eigenvalue weighted by Gasteiger charge is -2.18. The van der Waals surface area contributed by atoms with Gasteiger partial charge in [0.25, 0.3) is 0 Å². The van der Waals surface area contributed by atoms with Crippen LogP contribution in [0.2, 0.25) is 0 Å². The van der Waals surface area contributed by atoms with Crippen LogP contribution in [0.4, 0.5) is 11.4 Å². The molecule has 2 aromatic carbocycles. The van der Waals surface area contributed by atoms with E-state index in [1.54, 1.807) is 0 Å². The van der Waals surface area contributed by atoms with Crippen molar-refractivity contribution < 1.29 is 0 Å². The molecule has 0 bridgehead atoms. The zero-order valence-corrected chi connectivity index (χ0v) is 14.6. The molecule has 0 aromatic heterocycles. The van der Waals surface area contributed by atoms with E-state index in [1.165, 1.54) is 22.3 Å². The summed E-state index contributed by atoms with van der Waals surface area (Å²) in [7, 11) is 0. The summed E-state index contributed by atoms with van der Waals surface area (Å²) in [5.41, 5.74) is 7.23. The van der Waals surface area contributed by atoms with E-state index in [-0.39, 0.29) is 0 Å². The molecule has 116 valence electrons. The van der Waals surface area contributed by atoms with Crippen LogP contribution in [0.1, 0.15) is 36.1 Å². The second kappa shape index (κ2) is 7.41. The predicted octanol–water partition coefficient (Wildman–Crippen LogP) is 5.24. The molecule has 2 nitrogen and oxygen atoms in total. The highest BCUT2D eigenvalue weighted by Gasteiger charge is 2.09. The second-order valence-corrected chi connectivity index (χ2v) is 5.91.